The lowest BCUT2D eigenvalue weighted by atomic mass is 10.0. The highest BCUT2D eigenvalue weighted by molar-refractivity contribution is 6.31. The molecule has 0 aliphatic carbocycles. The molecular formula is C22H26ClN3O4. The number of aromatic nitrogens is 1. The number of ketones is 1. The second-order valence-electron chi connectivity index (χ2n) is 7.46. The van der Waals surface area contributed by atoms with Crippen molar-refractivity contribution in [1.82, 2.24) is 14.8 Å². The predicted molar refractivity (Wildman–Crippen MR) is 114 cm³/mol. The van der Waals surface area contributed by atoms with Gasteiger partial charge in [0.2, 0.25) is 0 Å². The van der Waals surface area contributed by atoms with E-state index in [9.17, 15) is 14.4 Å². The van der Waals surface area contributed by atoms with Gasteiger partial charge < -0.3 is 14.6 Å². The highest BCUT2D eigenvalue weighted by Crippen LogP contribution is 2.30. The maximum Gasteiger partial charge on any atom is 0.327 e. The Morgan fingerprint density at radius 1 is 1.10 bits per heavy atom. The van der Waals surface area contributed by atoms with E-state index in [0.29, 0.717) is 59.3 Å². The van der Waals surface area contributed by atoms with E-state index in [0.717, 1.165) is 0 Å². The quantitative estimate of drug-likeness (QED) is 0.580. The first kappa shape index (κ1) is 22.1. The molecule has 1 amide bonds. The number of methoxy groups -OCH3 is 1. The lowest BCUT2D eigenvalue weighted by Crippen LogP contribution is -2.51. The molecule has 2 heterocycles. The summed E-state index contributed by atoms with van der Waals surface area (Å²) in [5.41, 5.74) is 3.08. The zero-order valence-corrected chi connectivity index (χ0v) is 18.4. The molecule has 8 heteroatoms. The summed E-state index contributed by atoms with van der Waals surface area (Å²) in [6, 6.07) is 6.58. The zero-order chi connectivity index (χ0) is 22.0. The molecule has 1 aromatic heterocycles. The Kier molecular flexibility index (Phi) is 6.63. The van der Waals surface area contributed by atoms with Crippen molar-refractivity contribution in [2.45, 2.75) is 26.8 Å². The maximum absolute atomic E-state index is 13.1. The predicted octanol–water partition coefficient (Wildman–Crippen LogP) is 3.16. The van der Waals surface area contributed by atoms with E-state index < -0.39 is 6.04 Å². The summed E-state index contributed by atoms with van der Waals surface area (Å²) in [5.74, 6) is -0.592. The van der Waals surface area contributed by atoms with Crippen LogP contribution in [0.3, 0.4) is 0 Å². The number of ether oxygens (including phenoxy) is 1. The van der Waals surface area contributed by atoms with E-state index in [1.54, 1.807) is 24.8 Å². The Morgan fingerprint density at radius 2 is 1.73 bits per heavy atom. The summed E-state index contributed by atoms with van der Waals surface area (Å²) < 4.78 is 5.02. The van der Waals surface area contributed by atoms with Crippen molar-refractivity contribution < 1.29 is 19.1 Å². The zero-order valence-electron chi connectivity index (χ0n) is 17.6. The van der Waals surface area contributed by atoms with E-state index in [-0.39, 0.29) is 17.7 Å². The first-order chi connectivity index (χ1) is 14.3. The molecule has 0 radical (unpaired) electrons. The lowest BCUT2D eigenvalue weighted by molar-refractivity contribution is -0.148. The average Bonchev–Trinajstić information content (AvgIpc) is 3.03. The van der Waals surface area contributed by atoms with Crippen LogP contribution in [0.5, 0.6) is 0 Å². The Balaban J connectivity index is 1.77. The fourth-order valence-electron chi connectivity index (χ4n) is 4.11. The summed E-state index contributed by atoms with van der Waals surface area (Å²) in [5, 5.41) is 0.501. The molecule has 1 N–H and O–H groups in total. The Bertz CT molecular complexity index is 977. The van der Waals surface area contributed by atoms with E-state index in [2.05, 4.69) is 4.98 Å². The van der Waals surface area contributed by atoms with E-state index >= 15 is 0 Å². The Labute approximate surface area is 180 Å². The summed E-state index contributed by atoms with van der Waals surface area (Å²) in [6.07, 6.45) is 0. The summed E-state index contributed by atoms with van der Waals surface area (Å²) in [6.45, 7) is 6.97. The highest BCUT2D eigenvalue weighted by Gasteiger charge is 2.34. The van der Waals surface area contributed by atoms with Crippen LogP contribution in [-0.4, -0.2) is 65.7 Å². The molecule has 1 fully saturated rings. The molecule has 30 heavy (non-hydrogen) atoms. The molecule has 3 rings (SSSR count). The number of aryl methyl sites for hydroxylation is 1. The molecule has 1 aliphatic rings. The van der Waals surface area contributed by atoms with Crippen LogP contribution in [0.2, 0.25) is 5.02 Å². The van der Waals surface area contributed by atoms with Gasteiger partial charge in [-0.25, -0.2) is 4.79 Å². The van der Waals surface area contributed by atoms with Crippen molar-refractivity contribution in [1.29, 1.82) is 0 Å². The van der Waals surface area contributed by atoms with E-state index in [1.165, 1.54) is 14.0 Å². The minimum Gasteiger partial charge on any atom is -0.468 e. The van der Waals surface area contributed by atoms with Crippen LogP contribution in [0.15, 0.2) is 24.3 Å². The molecule has 0 spiro atoms. The van der Waals surface area contributed by atoms with E-state index in [1.807, 2.05) is 23.1 Å². The van der Waals surface area contributed by atoms with Crippen LogP contribution >= 0.6 is 11.6 Å². The number of aromatic amines is 1. The SMILES string of the molecule is COC(=O)C(c1ccccc1Cl)N1CCN(C(=O)c2[nH]c(C)c(C(C)=O)c2C)CC1. The second kappa shape index (κ2) is 9.02. The van der Waals surface area contributed by atoms with E-state index in [4.69, 9.17) is 16.3 Å². The normalized spacial score (nSPS) is 15.7. The molecule has 1 atom stereocenters. The largest absolute Gasteiger partial charge is 0.468 e. The van der Waals surface area contributed by atoms with Gasteiger partial charge in [0.15, 0.2) is 5.78 Å². The number of rotatable bonds is 5. The van der Waals surface area contributed by atoms with Gasteiger partial charge in [0, 0.05) is 42.5 Å². The van der Waals surface area contributed by atoms with Crippen LogP contribution < -0.4 is 0 Å². The number of halogens is 1. The van der Waals surface area contributed by atoms with Gasteiger partial charge in [-0.2, -0.15) is 0 Å². The highest BCUT2D eigenvalue weighted by atomic mass is 35.5. The summed E-state index contributed by atoms with van der Waals surface area (Å²) in [4.78, 5) is 44.2. The fraction of sp³-hybridized carbons (Fsp3) is 0.409. The minimum atomic E-state index is -0.625. The van der Waals surface area contributed by atoms with Crippen molar-refractivity contribution >= 4 is 29.3 Å². The van der Waals surface area contributed by atoms with Gasteiger partial charge in [-0.05, 0) is 38.0 Å². The number of piperazine rings is 1. The third-order valence-electron chi connectivity index (χ3n) is 5.59. The number of hydrogen-bond donors (Lipinski definition) is 1. The number of carbonyl (C=O) groups is 3. The first-order valence-corrected chi connectivity index (χ1v) is 10.2. The molecule has 1 aliphatic heterocycles. The summed E-state index contributed by atoms with van der Waals surface area (Å²) in [7, 11) is 1.36. The molecule has 2 aromatic rings. The third kappa shape index (κ3) is 4.13. The van der Waals surface area contributed by atoms with Gasteiger partial charge in [0.1, 0.15) is 11.7 Å². The number of carbonyl (C=O) groups excluding carboxylic acids is 3. The maximum atomic E-state index is 13.1. The van der Waals surface area contributed by atoms with Crippen molar-refractivity contribution in [2.75, 3.05) is 33.3 Å². The number of benzene rings is 1. The van der Waals surface area contributed by atoms with Gasteiger partial charge in [0.25, 0.3) is 5.91 Å². The first-order valence-electron chi connectivity index (χ1n) is 9.82. The number of H-pyrrole nitrogens is 1. The molecule has 160 valence electrons. The summed E-state index contributed by atoms with van der Waals surface area (Å²) >= 11 is 6.33. The number of esters is 1. The number of amides is 1. The van der Waals surface area contributed by atoms with Gasteiger partial charge >= 0.3 is 5.97 Å². The molecule has 1 aromatic carbocycles. The minimum absolute atomic E-state index is 0.0641. The van der Waals surface area contributed by atoms with Crippen LogP contribution in [0, 0.1) is 13.8 Å². The molecule has 0 bridgehead atoms. The van der Waals surface area contributed by atoms with Crippen LogP contribution in [-0.2, 0) is 9.53 Å². The second-order valence-corrected chi connectivity index (χ2v) is 7.86. The van der Waals surface area contributed by atoms with Crippen LogP contribution in [0.4, 0.5) is 0 Å². The topological polar surface area (TPSA) is 82.7 Å². The van der Waals surface area contributed by atoms with Crippen LogP contribution in [0.25, 0.3) is 0 Å². The molecule has 7 nitrogen and oxygen atoms in total. The molecule has 1 unspecified atom stereocenters. The number of nitrogens with zero attached hydrogens (tertiary/aromatic N) is 2. The smallest absolute Gasteiger partial charge is 0.327 e. The van der Waals surface area contributed by atoms with Crippen LogP contribution in [0.1, 0.15) is 50.6 Å². The van der Waals surface area contributed by atoms with Crippen molar-refractivity contribution in [2.24, 2.45) is 0 Å². The number of hydrogen-bond acceptors (Lipinski definition) is 5. The Morgan fingerprint density at radius 3 is 2.27 bits per heavy atom. The van der Waals surface area contributed by atoms with Gasteiger partial charge in [0.05, 0.1) is 7.11 Å². The van der Waals surface area contributed by atoms with Gasteiger partial charge in [-0.15, -0.1) is 0 Å². The fourth-order valence-corrected chi connectivity index (χ4v) is 4.35. The van der Waals surface area contributed by atoms with Gasteiger partial charge in [-0.1, -0.05) is 29.8 Å². The Hall–Kier alpha value is -2.64. The molecular weight excluding hydrogens is 406 g/mol. The third-order valence-corrected chi connectivity index (χ3v) is 5.94. The standard InChI is InChI=1S/C22H26ClN3O4/c1-13-18(15(3)27)14(2)24-19(13)21(28)26-11-9-25(10-12-26)20(22(29)30-4)16-7-5-6-8-17(16)23/h5-8,20,24H,9-12H2,1-4H3. The monoisotopic (exact) mass is 431 g/mol. The van der Waals surface area contributed by atoms with Crippen molar-refractivity contribution in [3.05, 3.63) is 57.4 Å². The number of Topliss-reactive ketones (excluding diaryl/α,β-unsaturated/α-hetero) is 1. The van der Waals surface area contributed by atoms with Crippen molar-refractivity contribution in [3.63, 3.8) is 0 Å². The molecule has 1 saturated heterocycles. The molecule has 0 saturated carbocycles. The number of nitrogens with one attached hydrogen (secondary N) is 1. The average molecular weight is 432 g/mol. The van der Waals surface area contributed by atoms with Gasteiger partial charge in [-0.3, -0.25) is 14.5 Å². The van der Waals surface area contributed by atoms with Crippen molar-refractivity contribution in [3.8, 4) is 0 Å². The lowest BCUT2D eigenvalue weighted by Gasteiger charge is -2.38.